The van der Waals surface area contributed by atoms with E-state index in [9.17, 15) is 9.18 Å². The summed E-state index contributed by atoms with van der Waals surface area (Å²) in [4.78, 5) is 19.3. The van der Waals surface area contributed by atoms with Crippen LogP contribution >= 0.6 is 0 Å². The molecule has 0 radical (unpaired) electrons. The number of piperidine rings is 1. The Kier molecular flexibility index (Phi) is 8.64. The number of rotatable bonds is 7. The van der Waals surface area contributed by atoms with Crippen LogP contribution < -0.4 is 10.6 Å². The minimum atomic E-state index is -0.464. The van der Waals surface area contributed by atoms with Crippen molar-refractivity contribution in [1.82, 2.24) is 10.1 Å². The zero-order chi connectivity index (χ0) is 28.8. The fourth-order valence-corrected chi connectivity index (χ4v) is 4.67. The van der Waals surface area contributed by atoms with Crippen molar-refractivity contribution in [3.8, 4) is 11.8 Å². The van der Waals surface area contributed by atoms with E-state index >= 15 is 0 Å². The Labute approximate surface area is 239 Å². The van der Waals surface area contributed by atoms with Crippen LogP contribution in [-0.2, 0) is 10.2 Å². The van der Waals surface area contributed by atoms with E-state index in [4.69, 9.17) is 9.26 Å². The van der Waals surface area contributed by atoms with Gasteiger partial charge in [-0.15, -0.1) is 0 Å². The fraction of sp³-hybridized carbons (Fsp3) is 0.419. The molecule has 9 nitrogen and oxygen atoms in total. The summed E-state index contributed by atoms with van der Waals surface area (Å²) in [6, 6.07) is 8.39. The molecule has 0 bridgehead atoms. The van der Waals surface area contributed by atoms with E-state index in [2.05, 4.69) is 37.5 Å². The highest BCUT2D eigenvalue weighted by Crippen LogP contribution is 2.25. The zero-order valence-electron chi connectivity index (χ0n) is 23.7. The van der Waals surface area contributed by atoms with Gasteiger partial charge >= 0.3 is 6.03 Å². The monoisotopic (exact) mass is 559 g/mol. The summed E-state index contributed by atoms with van der Waals surface area (Å²) in [6.07, 6.45) is 9.10. The summed E-state index contributed by atoms with van der Waals surface area (Å²) < 4.78 is 27.5. The second-order valence-electron chi connectivity index (χ2n) is 11.3. The van der Waals surface area contributed by atoms with Gasteiger partial charge in [0.15, 0.2) is 17.4 Å². The van der Waals surface area contributed by atoms with Crippen LogP contribution in [0.4, 0.5) is 20.7 Å². The number of nitrogens with one attached hydrogen (secondary N) is 2. The molecule has 1 unspecified atom stereocenters. The van der Waals surface area contributed by atoms with Gasteiger partial charge < -0.3 is 19.5 Å². The third-order valence-electron chi connectivity index (χ3n) is 6.94. The number of halogens is 1. The molecule has 1 atom stereocenters. The van der Waals surface area contributed by atoms with Crippen LogP contribution in [-0.4, -0.2) is 65.0 Å². The molecule has 2 N–H and O–H groups in total. The van der Waals surface area contributed by atoms with Gasteiger partial charge in [0.25, 0.3) is 6.17 Å². The van der Waals surface area contributed by atoms with Gasteiger partial charge in [-0.25, -0.2) is 9.18 Å². The Morgan fingerprint density at radius 3 is 2.68 bits per heavy atom. The van der Waals surface area contributed by atoms with Crippen molar-refractivity contribution in [1.29, 1.82) is 0 Å². The highest BCUT2D eigenvalue weighted by molar-refractivity contribution is 6.38. The first-order chi connectivity index (χ1) is 19.7. The van der Waals surface area contributed by atoms with E-state index in [0.29, 0.717) is 29.6 Å². The molecule has 10 heteroatoms. The largest absolute Gasteiger partial charge is 0.485 e. The number of aromatic nitrogens is 1. The fourth-order valence-electron chi connectivity index (χ4n) is 4.67. The Morgan fingerprint density at radius 2 is 1.95 bits per heavy atom. The van der Waals surface area contributed by atoms with Gasteiger partial charge in [-0.1, -0.05) is 38.3 Å². The standard InChI is InChI=1S/C31H35FN6O3/c1-31(2,3)27-19-28(36-41-27)35-30(39)34-23-11-8-22(9-12-23)10-13-24-20-38-21-26(25(32)18-29(38)33-24)40-17-7-16-37-14-5-4-6-15-37/h8-9,11-12,18-21,29H,4-7,14-17H2,1-3H3,(H-,33,34,35,36,39)/p+1. The molecule has 1 aromatic heterocycles. The molecule has 0 saturated carbocycles. The predicted molar refractivity (Wildman–Crippen MR) is 157 cm³/mol. The molecule has 214 valence electrons. The van der Waals surface area contributed by atoms with Gasteiger partial charge in [-0.05, 0) is 62.5 Å². The van der Waals surface area contributed by atoms with E-state index in [-0.39, 0.29) is 11.2 Å². The van der Waals surface area contributed by atoms with E-state index in [1.54, 1.807) is 47.3 Å². The first-order valence-corrected chi connectivity index (χ1v) is 14.0. The maximum atomic E-state index is 14.6. The molecule has 41 heavy (non-hydrogen) atoms. The number of likely N-dealkylation sites (tertiary alicyclic amines) is 1. The number of urea groups is 1. The minimum absolute atomic E-state index is 0.204. The molecule has 3 aliphatic rings. The molecule has 1 aromatic carbocycles. The van der Waals surface area contributed by atoms with Crippen molar-refractivity contribution in [3.63, 3.8) is 0 Å². The molecule has 4 heterocycles. The smallest absolute Gasteiger partial charge is 0.324 e. The third kappa shape index (κ3) is 7.70. The lowest BCUT2D eigenvalue weighted by Crippen LogP contribution is -2.31. The molecular formula is C31H36FN6O3+. The number of carbonyl (C=O) groups is 1. The Bertz CT molecular complexity index is 1450. The van der Waals surface area contributed by atoms with Gasteiger partial charge in [0, 0.05) is 35.4 Å². The Hall–Kier alpha value is -4.23. The summed E-state index contributed by atoms with van der Waals surface area (Å²) in [5, 5.41) is 9.31. The number of anilines is 2. The van der Waals surface area contributed by atoms with E-state index in [0.717, 1.165) is 31.6 Å². The van der Waals surface area contributed by atoms with Gasteiger partial charge in [-0.3, -0.25) is 5.32 Å². The summed E-state index contributed by atoms with van der Waals surface area (Å²) in [5.41, 5.74) is 1.69. The number of fused-ring (bicyclic) bond motifs is 1. The maximum absolute atomic E-state index is 14.6. The van der Waals surface area contributed by atoms with Crippen molar-refractivity contribution in [2.75, 3.05) is 36.9 Å². The molecule has 0 spiro atoms. The van der Waals surface area contributed by atoms with Gasteiger partial charge in [0.1, 0.15) is 5.76 Å². The number of hydrogen-bond acceptors (Lipinski definition) is 6. The summed E-state index contributed by atoms with van der Waals surface area (Å²) in [7, 11) is 0. The molecule has 5 rings (SSSR count). The van der Waals surface area contributed by atoms with Crippen LogP contribution in [0, 0.1) is 11.8 Å². The molecule has 1 fully saturated rings. The third-order valence-corrected chi connectivity index (χ3v) is 6.94. The zero-order valence-corrected chi connectivity index (χ0v) is 23.7. The number of hydrogen-bond donors (Lipinski definition) is 2. The van der Waals surface area contributed by atoms with Crippen molar-refractivity contribution < 1.29 is 23.0 Å². The van der Waals surface area contributed by atoms with Crippen LogP contribution in [0.2, 0.25) is 0 Å². The van der Waals surface area contributed by atoms with E-state index in [1.807, 2.05) is 20.8 Å². The number of allylic oxidation sites excluding steroid dienone is 1. The number of carbonyl (C=O) groups excluding carboxylic acids is 1. The maximum Gasteiger partial charge on any atom is 0.324 e. The van der Waals surface area contributed by atoms with Gasteiger partial charge in [-0.2, -0.15) is 9.57 Å². The lowest BCUT2D eigenvalue weighted by molar-refractivity contribution is -0.479. The molecular weight excluding hydrogens is 523 g/mol. The van der Waals surface area contributed by atoms with Crippen LogP contribution in [0.25, 0.3) is 0 Å². The predicted octanol–water partition coefficient (Wildman–Crippen LogP) is 5.43. The van der Waals surface area contributed by atoms with Crippen molar-refractivity contribution in [2.24, 2.45) is 4.99 Å². The topological polar surface area (TPSA) is 95.0 Å². The highest BCUT2D eigenvalue weighted by atomic mass is 19.1. The summed E-state index contributed by atoms with van der Waals surface area (Å²) >= 11 is 0. The quantitative estimate of drug-likeness (QED) is 0.268. The van der Waals surface area contributed by atoms with E-state index < -0.39 is 18.0 Å². The van der Waals surface area contributed by atoms with Crippen LogP contribution in [0.5, 0.6) is 0 Å². The average Bonchev–Trinajstić information content (AvgIpc) is 3.58. The molecule has 0 aliphatic carbocycles. The van der Waals surface area contributed by atoms with Gasteiger partial charge in [0.2, 0.25) is 18.2 Å². The second-order valence-corrected chi connectivity index (χ2v) is 11.3. The first-order valence-electron chi connectivity index (χ1n) is 14.0. The molecule has 2 amide bonds. The van der Waals surface area contributed by atoms with Crippen molar-refractivity contribution >= 4 is 29.5 Å². The molecule has 3 aliphatic heterocycles. The Morgan fingerprint density at radius 1 is 1.17 bits per heavy atom. The van der Waals surface area contributed by atoms with Crippen LogP contribution in [0.3, 0.4) is 0 Å². The molecule has 2 aromatic rings. The lowest BCUT2D eigenvalue weighted by atomic mass is 9.93. The van der Waals surface area contributed by atoms with Gasteiger partial charge in [0.05, 0.1) is 6.61 Å². The molecule has 1 saturated heterocycles. The lowest BCUT2D eigenvalue weighted by Gasteiger charge is -2.26. The average molecular weight is 560 g/mol. The summed E-state index contributed by atoms with van der Waals surface area (Å²) in [6.45, 7) is 9.74. The highest BCUT2D eigenvalue weighted by Gasteiger charge is 2.31. The number of nitrogens with zero attached hydrogens (tertiary/aromatic N) is 4. The number of benzene rings is 1. The first kappa shape index (κ1) is 28.3. The van der Waals surface area contributed by atoms with Crippen molar-refractivity contribution in [2.45, 2.75) is 58.0 Å². The van der Waals surface area contributed by atoms with E-state index in [1.165, 1.54) is 25.3 Å². The SMILES string of the molecule is CC(C)(C)c1cc(NC(=O)Nc2ccc(C#CC3=NC4C=C(F)C(OCCCN5CCCCC5)=C[N+]4=C3)cc2)no1. The number of ether oxygens (including phenoxy) is 1. The number of aliphatic imine (C=N–C) groups is 1. The van der Waals surface area contributed by atoms with Crippen LogP contribution in [0.1, 0.15) is 57.8 Å². The van der Waals surface area contributed by atoms with Crippen LogP contribution in [0.15, 0.2) is 63.7 Å². The minimum Gasteiger partial charge on any atom is -0.485 e. The van der Waals surface area contributed by atoms with Crippen molar-refractivity contribution in [3.05, 3.63) is 65.5 Å². The number of amides is 2. The second kappa shape index (κ2) is 12.5. The Balaban J connectivity index is 1.11. The normalized spacial score (nSPS) is 18.7. The summed E-state index contributed by atoms with van der Waals surface area (Å²) in [5.74, 6) is 6.96.